The molecule has 1 fully saturated rings. The van der Waals surface area contributed by atoms with Crippen molar-refractivity contribution in [3.63, 3.8) is 0 Å². The van der Waals surface area contributed by atoms with E-state index in [1.54, 1.807) is 18.2 Å². The Morgan fingerprint density at radius 1 is 1.38 bits per heavy atom. The number of amides is 4. The third-order valence-corrected chi connectivity index (χ3v) is 3.39. The number of nitrogens with two attached hydrogens (primary N) is 1. The molecule has 0 radical (unpaired) electrons. The van der Waals surface area contributed by atoms with Gasteiger partial charge in [0.25, 0.3) is 0 Å². The van der Waals surface area contributed by atoms with E-state index in [0.29, 0.717) is 5.69 Å². The molecule has 9 heteroatoms. The van der Waals surface area contributed by atoms with Gasteiger partial charge in [0.2, 0.25) is 17.8 Å². The van der Waals surface area contributed by atoms with Crippen LogP contribution in [0.25, 0.3) is 11.0 Å². The summed E-state index contributed by atoms with van der Waals surface area (Å²) in [6, 6.07) is 5.36. The van der Waals surface area contributed by atoms with Crippen molar-refractivity contribution in [2.24, 2.45) is 10.7 Å². The fourth-order valence-corrected chi connectivity index (χ4v) is 2.38. The molecule has 1 saturated heterocycles. The van der Waals surface area contributed by atoms with Crippen LogP contribution >= 0.6 is 0 Å². The number of nitrogens with zero attached hydrogens (tertiary/aromatic N) is 1. The number of furan rings is 1. The van der Waals surface area contributed by atoms with Gasteiger partial charge in [-0.3, -0.25) is 20.2 Å². The molecule has 24 heavy (non-hydrogen) atoms. The third-order valence-electron chi connectivity index (χ3n) is 3.39. The van der Waals surface area contributed by atoms with Crippen LogP contribution in [0, 0.1) is 6.92 Å². The van der Waals surface area contributed by atoms with E-state index in [1.807, 2.05) is 18.3 Å². The first-order valence-electron chi connectivity index (χ1n) is 7.16. The van der Waals surface area contributed by atoms with Crippen molar-refractivity contribution in [3.8, 4) is 0 Å². The van der Waals surface area contributed by atoms with Crippen LogP contribution in [-0.2, 0) is 9.59 Å². The number of hydrogen-bond donors (Lipinski definition) is 4. The number of carbonyl (C=O) groups excluding carboxylic acids is 3. The van der Waals surface area contributed by atoms with Crippen LogP contribution in [0.3, 0.4) is 0 Å². The monoisotopic (exact) mass is 329 g/mol. The summed E-state index contributed by atoms with van der Waals surface area (Å²) < 4.78 is 5.46. The lowest BCUT2D eigenvalue weighted by Gasteiger charge is -2.21. The molecule has 0 saturated carbocycles. The molecule has 1 aromatic heterocycles. The molecule has 0 spiro atoms. The largest absolute Gasteiger partial charge is 0.461 e. The van der Waals surface area contributed by atoms with Gasteiger partial charge in [0.15, 0.2) is 0 Å². The van der Waals surface area contributed by atoms with Crippen LogP contribution in [-0.4, -0.2) is 29.8 Å². The number of benzene rings is 1. The maximum Gasteiger partial charge on any atom is 0.322 e. The summed E-state index contributed by atoms with van der Waals surface area (Å²) >= 11 is 0. The number of carbonyl (C=O) groups is 3. The Labute approximate surface area is 136 Å². The standard InChI is InChI=1S/C15H15N5O4/c1-7-4-8-5-9(2-3-11(8)24-7)17-14(16)20-13(22)10-6-12(21)19-15(23)18-10/h2-5,10H,6H2,1H3,(H3,16,17,20,22)(H2,18,19,21,23). The quantitative estimate of drug-likeness (QED) is 0.466. The summed E-state index contributed by atoms with van der Waals surface area (Å²) in [7, 11) is 0. The summed E-state index contributed by atoms with van der Waals surface area (Å²) in [5.41, 5.74) is 6.97. The number of rotatable bonds is 2. The normalized spacial score (nSPS) is 18.2. The van der Waals surface area contributed by atoms with Crippen molar-refractivity contribution in [3.05, 3.63) is 30.0 Å². The lowest BCUT2D eigenvalue weighted by Crippen LogP contribution is -2.58. The molecular formula is C15H15N5O4. The minimum Gasteiger partial charge on any atom is -0.461 e. The van der Waals surface area contributed by atoms with Crippen LogP contribution in [0.2, 0.25) is 0 Å². The van der Waals surface area contributed by atoms with Gasteiger partial charge in [0, 0.05) is 5.39 Å². The van der Waals surface area contributed by atoms with Crippen LogP contribution in [0.5, 0.6) is 0 Å². The highest BCUT2D eigenvalue weighted by atomic mass is 16.3. The van der Waals surface area contributed by atoms with E-state index in [2.05, 4.69) is 15.6 Å². The number of imide groups is 1. The average molecular weight is 329 g/mol. The van der Waals surface area contributed by atoms with E-state index in [-0.39, 0.29) is 12.4 Å². The smallest absolute Gasteiger partial charge is 0.322 e. The lowest BCUT2D eigenvalue weighted by molar-refractivity contribution is -0.128. The minimum atomic E-state index is -0.987. The van der Waals surface area contributed by atoms with E-state index >= 15 is 0 Å². The second-order valence-corrected chi connectivity index (χ2v) is 5.34. The number of nitrogens with one attached hydrogen (secondary N) is 3. The number of guanidine groups is 1. The summed E-state index contributed by atoms with van der Waals surface area (Å²) in [6.45, 7) is 1.84. The molecule has 2 aromatic rings. The Kier molecular flexibility index (Phi) is 3.90. The lowest BCUT2D eigenvalue weighted by atomic mass is 10.1. The van der Waals surface area contributed by atoms with Crippen molar-refractivity contribution in [1.82, 2.24) is 16.0 Å². The Morgan fingerprint density at radius 2 is 2.17 bits per heavy atom. The van der Waals surface area contributed by atoms with E-state index in [9.17, 15) is 14.4 Å². The molecule has 1 atom stereocenters. The van der Waals surface area contributed by atoms with Crippen LogP contribution in [0.1, 0.15) is 12.2 Å². The molecule has 1 aliphatic heterocycles. The second kappa shape index (κ2) is 6.03. The highest BCUT2D eigenvalue weighted by molar-refractivity contribution is 6.06. The molecule has 0 bridgehead atoms. The van der Waals surface area contributed by atoms with Gasteiger partial charge in [-0.2, -0.15) is 0 Å². The average Bonchev–Trinajstić information content (AvgIpc) is 2.85. The maximum absolute atomic E-state index is 12.0. The van der Waals surface area contributed by atoms with Gasteiger partial charge in [-0.05, 0) is 31.2 Å². The van der Waals surface area contributed by atoms with Gasteiger partial charge >= 0.3 is 6.03 Å². The molecule has 5 N–H and O–H groups in total. The zero-order valence-electron chi connectivity index (χ0n) is 12.8. The molecule has 1 aliphatic rings. The molecule has 1 aromatic carbocycles. The van der Waals surface area contributed by atoms with Crippen LogP contribution < -0.4 is 21.7 Å². The molecule has 3 rings (SSSR count). The van der Waals surface area contributed by atoms with Gasteiger partial charge < -0.3 is 15.5 Å². The SMILES string of the molecule is Cc1cc2cc(N=C(N)NC(=O)C3CC(=O)NC(=O)N3)ccc2o1. The summed E-state index contributed by atoms with van der Waals surface area (Å²) in [6.07, 6.45) is -0.162. The van der Waals surface area contributed by atoms with Gasteiger partial charge in [-0.25, -0.2) is 9.79 Å². The maximum atomic E-state index is 12.0. The molecule has 1 unspecified atom stereocenters. The number of aliphatic imine (C=N–C) groups is 1. The Hall–Kier alpha value is -3.36. The summed E-state index contributed by atoms with van der Waals surface area (Å²) in [4.78, 5) is 38.6. The second-order valence-electron chi connectivity index (χ2n) is 5.34. The van der Waals surface area contributed by atoms with Gasteiger partial charge in [-0.1, -0.05) is 0 Å². The van der Waals surface area contributed by atoms with Crippen molar-refractivity contribution >= 4 is 40.5 Å². The first kappa shape index (κ1) is 15.5. The first-order chi connectivity index (χ1) is 11.4. The summed E-state index contributed by atoms with van der Waals surface area (Å²) in [5, 5.41) is 7.60. The number of aryl methyl sites for hydroxylation is 1. The predicted octanol–water partition coefficient (Wildman–Crippen LogP) is 0.402. The number of hydrogen-bond acceptors (Lipinski definition) is 5. The van der Waals surface area contributed by atoms with E-state index in [1.165, 1.54) is 0 Å². The van der Waals surface area contributed by atoms with Gasteiger partial charge in [0.1, 0.15) is 17.4 Å². The molecule has 2 heterocycles. The topological polar surface area (TPSA) is 139 Å². The van der Waals surface area contributed by atoms with Crippen molar-refractivity contribution in [2.75, 3.05) is 0 Å². The minimum absolute atomic E-state index is 0.139. The highest BCUT2D eigenvalue weighted by Gasteiger charge is 2.29. The molecule has 124 valence electrons. The fourth-order valence-electron chi connectivity index (χ4n) is 2.38. The van der Waals surface area contributed by atoms with Crippen molar-refractivity contribution in [1.29, 1.82) is 0 Å². The van der Waals surface area contributed by atoms with Crippen molar-refractivity contribution in [2.45, 2.75) is 19.4 Å². The Bertz CT molecular complexity index is 854. The van der Waals surface area contributed by atoms with Crippen LogP contribution in [0.4, 0.5) is 10.5 Å². The predicted molar refractivity (Wildman–Crippen MR) is 85.5 cm³/mol. The van der Waals surface area contributed by atoms with Crippen molar-refractivity contribution < 1.29 is 18.8 Å². The Balaban J connectivity index is 1.71. The van der Waals surface area contributed by atoms with E-state index in [0.717, 1.165) is 16.7 Å². The first-order valence-corrected chi connectivity index (χ1v) is 7.16. The van der Waals surface area contributed by atoms with Gasteiger partial charge in [-0.15, -0.1) is 0 Å². The van der Waals surface area contributed by atoms with E-state index in [4.69, 9.17) is 10.2 Å². The molecule has 9 nitrogen and oxygen atoms in total. The Morgan fingerprint density at radius 3 is 2.92 bits per heavy atom. The zero-order valence-corrected chi connectivity index (χ0v) is 12.8. The number of urea groups is 1. The van der Waals surface area contributed by atoms with Crippen LogP contribution in [0.15, 0.2) is 33.7 Å². The molecular weight excluding hydrogens is 314 g/mol. The van der Waals surface area contributed by atoms with Gasteiger partial charge in [0.05, 0.1) is 12.1 Å². The highest BCUT2D eigenvalue weighted by Crippen LogP contribution is 2.24. The molecule has 0 aliphatic carbocycles. The fraction of sp³-hybridized carbons (Fsp3) is 0.200. The zero-order chi connectivity index (χ0) is 17.3. The number of fused-ring (bicyclic) bond motifs is 1. The molecule has 4 amide bonds. The van der Waals surface area contributed by atoms with E-state index < -0.39 is 23.9 Å². The summed E-state index contributed by atoms with van der Waals surface area (Å²) in [5.74, 6) is -0.506. The third kappa shape index (κ3) is 3.35.